The van der Waals surface area contributed by atoms with E-state index in [9.17, 15) is 9.59 Å². The maximum atomic E-state index is 12.8. The number of carbonyl (C=O) groups is 2. The van der Waals surface area contributed by atoms with Gasteiger partial charge in [0.1, 0.15) is 11.6 Å². The number of benzene rings is 3. The Morgan fingerprint density at radius 1 is 0.842 bits per heavy atom. The van der Waals surface area contributed by atoms with Gasteiger partial charge in [-0.05, 0) is 48.4 Å². The van der Waals surface area contributed by atoms with Crippen molar-refractivity contribution < 1.29 is 9.59 Å². The first-order valence-electron chi connectivity index (χ1n) is 12.7. The van der Waals surface area contributed by atoms with Crippen molar-refractivity contribution in [2.45, 2.75) is 19.8 Å². The number of aromatic nitrogens is 2. The summed E-state index contributed by atoms with van der Waals surface area (Å²) in [6.07, 6.45) is 2.87. The second kappa shape index (κ2) is 11.6. The van der Waals surface area contributed by atoms with Gasteiger partial charge in [-0.3, -0.25) is 9.59 Å². The first-order chi connectivity index (χ1) is 18.5. The Hall–Kier alpha value is -4.03. The predicted octanol–water partition coefficient (Wildman–Crippen LogP) is 5.48. The molecule has 3 aromatic carbocycles. The van der Waals surface area contributed by atoms with Gasteiger partial charge in [0.25, 0.3) is 5.91 Å². The fourth-order valence-electron chi connectivity index (χ4n) is 4.71. The van der Waals surface area contributed by atoms with Crippen LogP contribution < -0.4 is 4.90 Å². The summed E-state index contributed by atoms with van der Waals surface area (Å²) in [6, 6.07) is 25.5. The van der Waals surface area contributed by atoms with Gasteiger partial charge in [-0.1, -0.05) is 60.1 Å². The van der Waals surface area contributed by atoms with Crippen molar-refractivity contribution in [2.24, 2.45) is 0 Å². The van der Waals surface area contributed by atoms with Crippen LogP contribution in [0.25, 0.3) is 11.3 Å². The summed E-state index contributed by atoms with van der Waals surface area (Å²) >= 11 is 6.22. The lowest BCUT2D eigenvalue weighted by atomic mass is 10.1. The maximum absolute atomic E-state index is 12.8. The highest BCUT2D eigenvalue weighted by Crippen LogP contribution is 2.22. The van der Waals surface area contributed by atoms with E-state index in [4.69, 9.17) is 16.6 Å². The third kappa shape index (κ3) is 6.09. The van der Waals surface area contributed by atoms with E-state index >= 15 is 0 Å². The summed E-state index contributed by atoms with van der Waals surface area (Å²) in [5.74, 6) is 0.897. The molecule has 0 spiro atoms. The molecule has 1 saturated heterocycles. The number of nitrogens with zero attached hydrogens (tertiary/aromatic N) is 4. The highest BCUT2D eigenvalue weighted by molar-refractivity contribution is 6.33. The number of Topliss-reactive ketones (excluding diaryl/α,β-unsaturated/α-hetero) is 1. The fourth-order valence-corrected chi connectivity index (χ4v) is 4.92. The standard InChI is InChI=1S/C31H29ClN4O2/c1-22(37)20-23-6-10-25(11-7-23)29-14-15-33-30(34-29)21-24-8-12-26(13-9-24)35-16-18-36(19-17-35)31(38)27-4-2-3-5-28(27)32/h2-15H,16-21H2,1H3. The molecule has 192 valence electrons. The third-order valence-electron chi connectivity index (χ3n) is 6.74. The zero-order valence-electron chi connectivity index (χ0n) is 21.3. The van der Waals surface area contributed by atoms with Crippen LogP contribution in [0, 0.1) is 0 Å². The molecule has 0 saturated carbocycles. The third-order valence-corrected chi connectivity index (χ3v) is 7.07. The van der Waals surface area contributed by atoms with Crippen molar-refractivity contribution in [3.8, 4) is 11.3 Å². The van der Waals surface area contributed by atoms with Gasteiger partial charge in [-0.15, -0.1) is 0 Å². The first-order valence-corrected chi connectivity index (χ1v) is 13.1. The molecule has 0 bridgehead atoms. The predicted molar refractivity (Wildman–Crippen MR) is 151 cm³/mol. The van der Waals surface area contributed by atoms with Crippen molar-refractivity contribution >= 4 is 29.0 Å². The van der Waals surface area contributed by atoms with Gasteiger partial charge < -0.3 is 9.80 Å². The molecule has 2 heterocycles. The molecule has 1 aliphatic heterocycles. The zero-order valence-corrected chi connectivity index (χ0v) is 22.1. The van der Waals surface area contributed by atoms with Gasteiger partial charge in [0, 0.05) is 56.5 Å². The molecule has 1 aromatic heterocycles. The number of anilines is 1. The van der Waals surface area contributed by atoms with Crippen LogP contribution in [0.3, 0.4) is 0 Å². The largest absolute Gasteiger partial charge is 0.368 e. The van der Waals surface area contributed by atoms with E-state index in [2.05, 4.69) is 34.1 Å². The van der Waals surface area contributed by atoms with Gasteiger partial charge in [-0.25, -0.2) is 9.97 Å². The number of hydrogen-bond acceptors (Lipinski definition) is 5. The van der Waals surface area contributed by atoms with Crippen LogP contribution in [0.2, 0.25) is 5.02 Å². The van der Waals surface area contributed by atoms with Crippen molar-refractivity contribution in [1.82, 2.24) is 14.9 Å². The molecule has 6 nitrogen and oxygen atoms in total. The molecule has 0 aliphatic carbocycles. The van der Waals surface area contributed by atoms with Gasteiger partial charge in [-0.2, -0.15) is 0 Å². The zero-order chi connectivity index (χ0) is 26.5. The summed E-state index contributed by atoms with van der Waals surface area (Å²) < 4.78 is 0. The molecular formula is C31H29ClN4O2. The highest BCUT2D eigenvalue weighted by atomic mass is 35.5. The molecule has 1 aliphatic rings. The summed E-state index contributed by atoms with van der Waals surface area (Å²) in [4.78, 5) is 37.6. The van der Waals surface area contributed by atoms with Crippen LogP contribution in [-0.4, -0.2) is 52.7 Å². The minimum absolute atomic E-state index is 0.0140. The molecular weight excluding hydrogens is 496 g/mol. The van der Waals surface area contributed by atoms with Crippen molar-refractivity contribution in [1.29, 1.82) is 0 Å². The van der Waals surface area contributed by atoms with Crippen molar-refractivity contribution in [2.75, 3.05) is 31.1 Å². The van der Waals surface area contributed by atoms with E-state index < -0.39 is 0 Å². The number of amides is 1. The number of ketones is 1. The molecule has 0 unspecified atom stereocenters. The Bertz CT molecular complexity index is 1430. The Kier molecular flexibility index (Phi) is 7.80. The lowest BCUT2D eigenvalue weighted by Crippen LogP contribution is -2.48. The van der Waals surface area contributed by atoms with E-state index in [1.165, 1.54) is 0 Å². The minimum atomic E-state index is -0.0140. The van der Waals surface area contributed by atoms with E-state index in [-0.39, 0.29) is 11.7 Å². The topological polar surface area (TPSA) is 66.4 Å². The molecule has 0 atom stereocenters. The second-order valence-corrected chi connectivity index (χ2v) is 9.94. The summed E-state index contributed by atoms with van der Waals surface area (Å²) in [5, 5.41) is 0.493. The van der Waals surface area contributed by atoms with E-state index in [0.29, 0.717) is 36.5 Å². The number of halogens is 1. The van der Waals surface area contributed by atoms with Crippen LogP contribution >= 0.6 is 11.6 Å². The van der Waals surface area contributed by atoms with Crippen LogP contribution in [0.1, 0.15) is 34.2 Å². The molecule has 0 N–H and O–H groups in total. The monoisotopic (exact) mass is 524 g/mol. The molecule has 7 heteroatoms. The molecule has 1 fully saturated rings. The van der Waals surface area contributed by atoms with Gasteiger partial charge in [0.15, 0.2) is 0 Å². The van der Waals surface area contributed by atoms with E-state index in [0.717, 1.165) is 47.0 Å². The van der Waals surface area contributed by atoms with E-state index in [1.807, 2.05) is 47.4 Å². The second-order valence-electron chi connectivity index (χ2n) is 9.54. The molecule has 1 amide bonds. The fraction of sp³-hybridized carbons (Fsp3) is 0.226. The van der Waals surface area contributed by atoms with Gasteiger partial charge in [0.2, 0.25) is 0 Å². The number of rotatable bonds is 7. The molecule has 0 radical (unpaired) electrons. The Morgan fingerprint density at radius 2 is 1.53 bits per heavy atom. The number of piperazine rings is 1. The quantitative estimate of drug-likeness (QED) is 0.320. The summed E-state index contributed by atoms with van der Waals surface area (Å²) in [6.45, 7) is 4.45. The van der Waals surface area contributed by atoms with Gasteiger partial charge >= 0.3 is 0 Å². The summed E-state index contributed by atoms with van der Waals surface area (Å²) in [5.41, 5.74) is 5.70. The smallest absolute Gasteiger partial charge is 0.255 e. The molecule has 5 rings (SSSR count). The van der Waals surface area contributed by atoms with Crippen LogP contribution in [0.4, 0.5) is 5.69 Å². The average molecular weight is 525 g/mol. The number of hydrogen-bond donors (Lipinski definition) is 0. The Labute approximate surface area is 227 Å². The molecule has 38 heavy (non-hydrogen) atoms. The van der Waals surface area contributed by atoms with Crippen LogP contribution in [-0.2, 0) is 17.6 Å². The van der Waals surface area contributed by atoms with Crippen LogP contribution in [0.5, 0.6) is 0 Å². The lowest BCUT2D eigenvalue weighted by Gasteiger charge is -2.36. The minimum Gasteiger partial charge on any atom is -0.368 e. The maximum Gasteiger partial charge on any atom is 0.255 e. The van der Waals surface area contributed by atoms with Crippen molar-refractivity contribution in [3.05, 3.63) is 113 Å². The molecule has 4 aromatic rings. The number of carbonyl (C=O) groups excluding carboxylic acids is 2. The highest BCUT2D eigenvalue weighted by Gasteiger charge is 2.23. The first kappa shape index (κ1) is 25.6. The SMILES string of the molecule is CC(=O)Cc1ccc(-c2ccnc(Cc3ccc(N4CCN(C(=O)c5ccccc5Cl)CC4)cc3)n2)cc1. The van der Waals surface area contributed by atoms with E-state index in [1.54, 1.807) is 25.3 Å². The Balaban J connectivity index is 1.19. The lowest BCUT2D eigenvalue weighted by molar-refractivity contribution is -0.116. The summed E-state index contributed by atoms with van der Waals surface area (Å²) in [7, 11) is 0. The van der Waals surface area contributed by atoms with Gasteiger partial charge in [0.05, 0.1) is 16.3 Å². The van der Waals surface area contributed by atoms with Crippen molar-refractivity contribution in [3.63, 3.8) is 0 Å². The Morgan fingerprint density at radius 3 is 2.21 bits per heavy atom. The normalized spacial score (nSPS) is 13.4. The average Bonchev–Trinajstić information content (AvgIpc) is 2.94. The van der Waals surface area contributed by atoms with Crippen LogP contribution in [0.15, 0.2) is 85.1 Å².